The number of benzene rings is 1. The number of nitrogens with zero attached hydrogens (tertiary/aromatic N) is 3. The highest BCUT2D eigenvalue weighted by molar-refractivity contribution is 7.85. The van der Waals surface area contributed by atoms with Crippen molar-refractivity contribution in [3.05, 3.63) is 53.7 Å². The molecule has 0 aliphatic rings. The summed E-state index contributed by atoms with van der Waals surface area (Å²) in [6, 6.07) is 13.0. The minimum absolute atomic E-state index is 0.886. The van der Waals surface area contributed by atoms with Gasteiger partial charge in [-0.3, -0.25) is 4.55 Å². The van der Waals surface area contributed by atoms with E-state index in [1.54, 1.807) is 0 Å². The van der Waals surface area contributed by atoms with E-state index in [-0.39, 0.29) is 0 Å². The molecule has 10 heteroatoms. The van der Waals surface area contributed by atoms with Gasteiger partial charge in [-0.2, -0.15) is 21.6 Å². The van der Waals surface area contributed by atoms with Gasteiger partial charge in [-0.15, -0.1) is 0 Å². The number of hydrogen-bond donors (Lipinski definition) is 1. The first-order valence-electron chi connectivity index (χ1n) is 13.8. The smallest absolute Gasteiger partial charge is 0.367 e. The lowest BCUT2D eigenvalue weighted by atomic mass is 10.1. The molecular weight excluding hydrogens is 539 g/mol. The standard InChI is InChI=1S/C28H41N3.C2H3F3O3S/c1-5-7-9-10-11-12-13-14-22-31(24-26-18-21-28(29-23-26)30(3)4)27-19-16-25(17-20-27)15-8-6-2;3-2(4,5)1-9(6,7)8/h16-21,23H,5-7,9-14,22,24H2,1-4H3;1H2,(H,6,7,8). The van der Waals surface area contributed by atoms with Crippen molar-refractivity contribution in [1.82, 2.24) is 4.98 Å². The Bertz CT molecular complexity index is 1130. The zero-order valence-corrected chi connectivity index (χ0v) is 25.0. The molecule has 0 spiro atoms. The maximum atomic E-state index is 11.0. The molecule has 1 aromatic heterocycles. The Labute approximate surface area is 238 Å². The summed E-state index contributed by atoms with van der Waals surface area (Å²) >= 11 is 0. The molecule has 1 N–H and O–H groups in total. The van der Waals surface area contributed by atoms with E-state index >= 15 is 0 Å². The third kappa shape index (κ3) is 17.0. The van der Waals surface area contributed by atoms with Crippen LogP contribution in [0.2, 0.25) is 0 Å². The minimum atomic E-state index is -4.91. The van der Waals surface area contributed by atoms with Crippen LogP contribution in [0.1, 0.15) is 82.8 Å². The molecule has 0 saturated heterocycles. The van der Waals surface area contributed by atoms with Gasteiger partial charge in [0.2, 0.25) is 0 Å². The van der Waals surface area contributed by atoms with E-state index in [4.69, 9.17) is 4.55 Å². The summed E-state index contributed by atoms with van der Waals surface area (Å²) in [7, 11) is -0.852. The maximum absolute atomic E-state index is 11.0. The molecule has 0 radical (unpaired) electrons. The van der Waals surface area contributed by atoms with Gasteiger partial charge in [0.05, 0.1) is 0 Å². The first kappa shape index (κ1) is 35.3. The fourth-order valence-corrected chi connectivity index (χ4v) is 4.30. The summed E-state index contributed by atoms with van der Waals surface area (Å²) < 4.78 is 59.6. The van der Waals surface area contributed by atoms with Crippen molar-refractivity contribution in [3.8, 4) is 11.8 Å². The molecule has 6 nitrogen and oxygen atoms in total. The zero-order chi connectivity index (χ0) is 30.0. The predicted molar refractivity (Wildman–Crippen MR) is 158 cm³/mol. The van der Waals surface area contributed by atoms with Crippen molar-refractivity contribution >= 4 is 21.6 Å². The van der Waals surface area contributed by atoms with Gasteiger partial charge in [-0.1, -0.05) is 76.7 Å². The van der Waals surface area contributed by atoms with Crippen molar-refractivity contribution < 1.29 is 26.1 Å². The second-order valence-electron chi connectivity index (χ2n) is 9.86. The molecule has 224 valence electrons. The molecule has 40 heavy (non-hydrogen) atoms. The number of unbranched alkanes of at least 4 members (excludes halogenated alkanes) is 7. The molecule has 2 rings (SSSR count). The lowest BCUT2D eigenvalue weighted by Gasteiger charge is -2.25. The van der Waals surface area contributed by atoms with Crippen LogP contribution in [0.5, 0.6) is 0 Å². The normalized spacial score (nSPS) is 11.2. The van der Waals surface area contributed by atoms with Crippen LogP contribution in [0.25, 0.3) is 0 Å². The first-order chi connectivity index (χ1) is 18.8. The van der Waals surface area contributed by atoms with Gasteiger partial charge in [0.1, 0.15) is 5.82 Å². The number of halogens is 3. The third-order valence-corrected chi connectivity index (χ3v) is 6.60. The quantitative estimate of drug-likeness (QED) is 0.141. The highest BCUT2D eigenvalue weighted by atomic mass is 32.2. The van der Waals surface area contributed by atoms with Crippen LogP contribution in [0, 0.1) is 11.8 Å². The first-order valence-corrected chi connectivity index (χ1v) is 15.4. The summed E-state index contributed by atoms with van der Waals surface area (Å²) in [5.41, 5.74) is 3.61. The molecule has 0 fully saturated rings. The fraction of sp³-hybridized carbons (Fsp3) is 0.567. The third-order valence-electron chi connectivity index (χ3n) is 5.91. The highest BCUT2D eigenvalue weighted by Crippen LogP contribution is 2.20. The van der Waals surface area contributed by atoms with Gasteiger partial charge in [-0.05, 0) is 42.3 Å². The van der Waals surface area contributed by atoms with E-state index in [1.165, 1.54) is 62.6 Å². The largest absolute Gasteiger partial charge is 0.405 e. The number of pyridine rings is 1. The topological polar surface area (TPSA) is 73.7 Å². The number of aromatic nitrogens is 1. The van der Waals surface area contributed by atoms with Crippen LogP contribution in [0.15, 0.2) is 42.6 Å². The Hall–Kier alpha value is -2.77. The molecule has 0 bridgehead atoms. The van der Waals surface area contributed by atoms with E-state index in [0.717, 1.165) is 30.9 Å². The van der Waals surface area contributed by atoms with Gasteiger partial charge in [0, 0.05) is 51.1 Å². The van der Waals surface area contributed by atoms with Crippen molar-refractivity contribution in [2.75, 3.05) is 36.2 Å². The molecule has 0 aliphatic heterocycles. The average molecular weight is 584 g/mol. The molecule has 0 saturated carbocycles. The number of alkyl halides is 3. The van der Waals surface area contributed by atoms with E-state index in [2.05, 4.69) is 72.0 Å². The van der Waals surface area contributed by atoms with E-state index in [0.29, 0.717) is 0 Å². The summed E-state index contributed by atoms with van der Waals surface area (Å²) in [6.45, 7) is 6.32. The summed E-state index contributed by atoms with van der Waals surface area (Å²) in [5, 5.41) is 0. The Morgan fingerprint density at radius 2 is 1.50 bits per heavy atom. The molecule has 1 heterocycles. The van der Waals surface area contributed by atoms with Gasteiger partial charge in [0.15, 0.2) is 5.75 Å². The predicted octanol–water partition coefficient (Wildman–Crippen LogP) is 7.49. The van der Waals surface area contributed by atoms with Crippen molar-refractivity contribution in [1.29, 1.82) is 0 Å². The van der Waals surface area contributed by atoms with Crippen LogP contribution in [-0.2, 0) is 16.7 Å². The molecular formula is C30H44F3N3O3S. The molecule has 1 aromatic carbocycles. The van der Waals surface area contributed by atoms with Gasteiger partial charge < -0.3 is 9.80 Å². The van der Waals surface area contributed by atoms with Crippen LogP contribution < -0.4 is 9.80 Å². The lowest BCUT2D eigenvalue weighted by Crippen LogP contribution is -2.24. The van der Waals surface area contributed by atoms with Crippen molar-refractivity contribution in [2.24, 2.45) is 0 Å². The summed E-state index contributed by atoms with van der Waals surface area (Å²) in [5.74, 6) is 5.20. The Morgan fingerprint density at radius 3 is 1.95 bits per heavy atom. The number of anilines is 2. The minimum Gasteiger partial charge on any atom is -0.367 e. The van der Waals surface area contributed by atoms with Crippen LogP contribution in [-0.4, -0.2) is 50.5 Å². The van der Waals surface area contributed by atoms with Gasteiger partial charge >= 0.3 is 6.18 Å². The summed E-state index contributed by atoms with van der Waals surface area (Å²) in [6.07, 6.45) is 8.80. The van der Waals surface area contributed by atoms with Crippen LogP contribution >= 0.6 is 0 Å². The zero-order valence-electron chi connectivity index (χ0n) is 24.2. The number of rotatable bonds is 14. The monoisotopic (exact) mass is 583 g/mol. The molecule has 2 aromatic rings. The molecule has 0 unspecified atom stereocenters. The second kappa shape index (κ2) is 18.6. The molecule has 0 atom stereocenters. The van der Waals surface area contributed by atoms with E-state index in [9.17, 15) is 21.6 Å². The molecule has 0 aliphatic carbocycles. The van der Waals surface area contributed by atoms with Crippen molar-refractivity contribution in [3.63, 3.8) is 0 Å². The SMILES string of the molecule is CCC#Cc1ccc(N(CCCCCCCCCC)Cc2ccc(N(C)C)nc2)cc1.O=S(=O)(O)CC(F)(F)F. The second-order valence-corrected chi connectivity index (χ2v) is 11.3. The van der Waals surface area contributed by atoms with Gasteiger partial charge in [0.25, 0.3) is 10.1 Å². The Balaban J connectivity index is 0.000000763. The van der Waals surface area contributed by atoms with E-state index < -0.39 is 22.0 Å². The fourth-order valence-electron chi connectivity index (χ4n) is 3.88. The summed E-state index contributed by atoms with van der Waals surface area (Å²) in [4.78, 5) is 9.13. The lowest BCUT2D eigenvalue weighted by molar-refractivity contribution is -0.107. The number of hydrogen-bond acceptors (Lipinski definition) is 5. The van der Waals surface area contributed by atoms with E-state index in [1.807, 2.05) is 25.2 Å². The van der Waals surface area contributed by atoms with Crippen LogP contribution in [0.3, 0.4) is 0 Å². The Kier molecular flexibility index (Phi) is 16.4. The molecule has 0 amide bonds. The van der Waals surface area contributed by atoms with Crippen LogP contribution in [0.4, 0.5) is 24.7 Å². The van der Waals surface area contributed by atoms with Crippen molar-refractivity contribution in [2.45, 2.75) is 84.4 Å². The average Bonchev–Trinajstić information content (AvgIpc) is 2.87. The van der Waals surface area contributed by atoms with Gasteiger partial charge in [-0.25, -0.2) is 4.98 Å². The maximum Gasteiger partial charge on any atom is 0.405 e. The Morgan fingerprint density at radius 1 is 0.900 bits per heavy atom. The highest BCUT2D eigenvalue weighted by Gasteiger charge is 2.33.